The number of carboxylic acids is 1. The second-order valence-corrected chi connectivity index (χ2v) is 7.30. The second-order valence-electron chi connectivity index (χ2n) is 6.23. The van der Waals surface area contributed by atoms with Crippen LogP contribution in [0.15, 0.2) is 12.1 Å². The van der Waals surface area contributed by atoms with E-state index >= 15 is 0 Å². The molecule has 1 saturated carbocycles. The molecule has 0 radical (unpaired) electrons. The Hall–Kier alpha value is -1.62. The van der Waals surface area contributed by atoms with Gasteiger partial charge in [-0.05, 0) is 35.4 Å². The van der Waals surface area contributed by atoms with Crippen LogP contribution >= 0.6 is 11.3 Å². The lowest BCUT2D eigenvalue weighted by atomic mass is 9.70. The van der Waals surface area contributed by atoms with E-state index in [9.17, 15) is 4.79 Å². The normalized spacial score (nSPS) is 17.1. The third kappa shape index (κ3) is 3.09. The van der Waals surface area contributed by atoms with Crippen LogP contribution < -0.4 is 5.73 Å². The van der Waals surface area contributed by atoms with Crippen molar-refractivity contribution in [1.82, 2.24) is 4.98 Å². The number of nitrogens with zero attached hydrogens (tertiary/aromatic N) is 1. The fourth-order valence-electron chi connectivity index (χ4n) is 3.44. The van der Waals surface area contributed by atoms with Gasteiger partial charge in [0.05, 0.1) is 16.6 Å². The molecule has 0 bridgehead atoms. The zero-order valence-electron chi connectivity index (χ0n) is 12.2. The van der Waals surface area contributed by atoms with Gasteiger partial charge in [-0.2, -0.15) is 0 Å². The molecule has 0 atom stereocenters. The van der Waals surface area contributed by atoms with Gasteiger partial charge in [-0.1, -0.05) is 51.0 Å². The molecule has 0 unspecified atom stereocenters. The third-order valence-corrected chi connectivity index (χ3v) is 5.37. The largest absolute Gasteiger partial charge is 0.481 e. The van der Waals surface area contributed by atoms with Crippen molar-refractivity contribution in [3.8, 4) is 0 Å². The summed E-state index contributed by atoms with van der Waals surface area (Å²) >= 11 is 1.44. The molecule has 0 saturated heterocycles. The van der Waals surface area contributed by atoms with Gasteiger partial charge >= 0.3 is 5.97 Å². The van der Waals surface area contributed by atoms with Crippen molar-refractivity contribution in [2.45, 2.75) is 58.3 Å². The highest BCUT2D eigenvalue weighted by Gasteiger charge is 2.31. The zero-order chi connectivity index (χ0) is 15.0. The van der Waals surface area contributed by atoms with Crippen molar-refractivity contribution in [1.29, 1.82) is 0 Å². The minimum absolute atomic E-state index is 0. The van der Waals surface area contributed by atoms with Crippen molar-refractivity contribution in [3.63, 3.8) is 0 Å². The quantitative estimate of drug-likeness (QED) is 0.880. The molecule has 22 heavy (non-hydrogen) atoms. The van der Waals surface area contributed by atoms with E-state index in [0.29, 0.717) is 5.13 Å². The smallest absolute Gasteiger partial charge is 0.307 e. The standard InChI is InChI=1S/C16H20N2O2S.CH4/c1-16(5-3-2-4-6-16)11-7-10(9-13(19)20)8-12-14(11)18-15(17)21-12;/h7-8H,2-6,9H2,1H3,(H2,17,18)(H,19,20);1H4. The van der Waals surface area contributed by atoms with Crippen LogP contribution in [0.2, 0.25) is 0 Å². The van der Waals surface area contributed by atoms with Crippen molar-refractivity contribution < 1.29 is 9.90 Å². The number of nitrogen functional groups attached to an aromatic ring is 1. The highest BCUT2D eigenvalue weighted by molar-refractivity contribution is 7.22. The first-order valence-corrected chi connectivity index (χ1v) is 8.21. The average molecular weight is 320 g/mol. The molecule has 120 valence electrons. The molecule has 0 spiro atoms. The number of aromatic nitrogens is 1. The Bertz CT molecular complexity index is 687. The van der Waals surface area contributed by atoms with Crippen LogP contribution in [0.1, 0.15) is 57.6 Å². The molecule has 1 aliphatic carbocycles. The fraction of sp³-hybridized carbons (Fsp3) is 0.529. The third-order valence-electron chi connectivity index (χ3n) is 4.53. The maximum atomic E-state index is 11.0. The molecular weight excluding hydrogens is 296 g/mol. The number of fused-ring (bicyclic) bond motifs is 1. The van der Waals surface area contributed by atoms with Crippen LogP contribution in [0, 0.1) is 0 Å². The van der Waals surface area contributed by atoms with Crippen molar-refractivity contribution in [3.05, 3.63) is 23.3 Å². The molecular formula is C17H24N2O2S. The molecule has 0 amide bonds. The van der Waals surface area contributed by atoms with Gasteiger partial charge in [0.1, 0.15) is 0 Å². The Kier molecular flexibility index (Phi) is 4.75. The van der Waals surface area contributed by atoms with Gasteiger partial charge in [0, 0.05) is 0 Å². The number of carboxylic acid groups (broad SMARTS) is 1. The summed E-state index contributed by atoms with van der Waals surface area (Å²) in [6.45, 7) is 2.28. The number of anilines is 1. The number of carbonyl (C=O) groups is 1. The molecule has 0 aliphatic heterocycles. The predicted octanol–water partition coefficient (Wildman–Crippen LogP) is 4.36. The van der Waals surface area contributed by atoms with Crippen molar-refractivity contribution in [2.24, 2.45) is 0 Å². The summed E-state index contributed by atoms with van der Waals surface area (Å²) in [6, 6.07) is 3.97. The predicted molar refractivity (Wildman–Crippen MR) is 92.5 cm³/mol. The van der Waals surface area contributed by atoms with Crippen LogP contribution in [0.5, 0.6) is 0 Å². The molecule has 1 aliphatic rings. The van der Waals surface area contributed by atoms with E-state index in [1.165, 1.54) is 36.2 Å². The summed E-state index contributed by atoms with van der Waals surface area (Å²) < 4.78 is 1.01. The Morgan fingerprint density at radius 3 is 2.68 bits per heavy atom. The van der Waals surface area contributed by atoms with E-state index in [-0.39, 0.29) is 19.3 Å². The lowest BCUT2D eigenvalue weighted by Crippen LogP contribution is -2.25. The zero-order valence-corrected chi connectivity index (χ0v) is 13.0. The molecule has 1 heterocycles. The van der Waals surface area contributed by atoms with Gasteiger partial charge in [-0.15, -0.1) is 0 Å². The first kappa shape index (κ1) is 16.7. The monoisotopic (exact) mass is 320 g/mol. The van der Waals surface area contributed by atoms with Crippen LogP contribution in [-0.2, 0) is 16.6 Å². The van der Waals surface area contributed by atoms with Crippen LogP contribution in [0.3, 0.4) is 0 Å². The summed E-state index contributed by atoms with van der Waals surface area (Å²) in [5, 5.41) is 9.63. The Labute approximate surface area is 135 Å². The SMILES string of the molecule is C.CC1(c2cc(CC(=O)O)cc3sc(N)nc23)CCCCC1. The minimum atomic E-state index is -0.799. The van der Waals surface area contributed by atoms with E-state index in [2.05, 4.69) is 11.9 Å². The number of nitrogens with two attached hydrogens (primary N) is 1. The molecule has 1 aromatic carbocycles. The number of rotatable bonds is 3. The summed E-state index contributed by atoms with van der Waals surface area (Å²) in [5.74, 6) is -0.799. The van der Waals surface area contributed by atoms with Gasteiger partial charge in [0.25, 0.3) is 0 Å². The average Bonchev–Trinajstić information content (AvgIpc) is 2.78. The van der Waals surface area contributed by atoms with Crippen LogP contribution in [0.4, 0.5) is 5.13 Å². The highest BCUT2D eigenvalue weighted by Crippen LogP contribution is 2.43. The summed E-state index contributed by atoms with van der Waals surface area (Å²) in [6.07, 6.45) is 6.05. The molecule has 1 fully saturated rings. The van der Waals surface area contributed by atoms with E-state index in [0.717, 1.165) is 28.6 Å². The van der Waals surface area contributed by atoms with Gasteiger partial charge in [-0.3, -0.25) is 4.79 Å². The molecule has 4 nitrogen and oxygen atoms in total. The number of hydrogen-bond donors (Lipinski definition) is 2. The van der Waals surface area contributed by atoms with E-state index in [4.69, 9.17) is 10.8 Å². The van der Waals surface area contributed by atoms with E-state index in [1.807, 2.05) is 12.1 Å². The van der Waals surface area contributed by atoms with Crippen LogP contribution in [-0.4, -0.2) is 16.1 Å². The molecule has 5 heteroatoms. The first-order valence-electron chi connectivity index (χ1n) is 7.39. The Balaban J connectivity index is 0.00000176. The number of hydrogen-bond acceptors (Lipinski definition) is 4. The Morgan fingerprint density at radius 1 is 1.36 bits per heavy atom. The summed E-state index contributed by atoms with van der Waals surface area (Å²) in [4.78, 5) is 15.5. The molecule has 1 aromatic heterocycles. The van der Waals surface area contributed by atoms with E-state index < -0.39 is 5.97 Å². The van der Waals surface area contributed by atoms with E-state index in [1.54, 1.807) is 0 Å². The minimum Gasteiger partial charge on any atom is -0.481 e. The molecule has 3 rings (SSSR count). The second kappa shape index (κ2) is 6.24. The highest BCUT2D eigenvalue weighted by atomic mass is 32.1. The number of aliphatic carboxylic acids is 1. The maximum absolute atomic E-state index is 11.0. The lowest BCUT2D eigenvalue weighted by molar-refractivity contribution is -0.136. The van der Waals surface area contributed by atoms with Gasteiger partial charge < -0.3 is 10.8 Å². The molecule has 3 N–H and O–H groups in total. The lowest BCUT2D eigenvalue weighted by Gasteiger charge is -2.34. The summed E-state index contributed by atoms with van der Waals surface area (Å²) in [7, 11) is 0. The van der Waals surface area contributed by atoms with Gasteiger partial charge in [0.15, 0.2) is 5.13 Å². The topological polar surface area (TPSA) is 76.2 Å². The van der Waals surface area contributed by atoms with Crippen molar-refractivity contribution in [2.75, 3.05) is 5.73 Å². The summed E-state index contributed by atoms with van der Waals surface area (Å²) in [5.41, 5.74) is 8.96. The van der Waals surface area contributed by atoms with Gasteiger partial charge in [0.2, 0.25) is 0 Å². The first-order chi connectivity index (χ1) is 9.98. The van der Waals surface area contributed by atoms with Crippen LogP contribution in [0.25, 0.3) is 10.2 Å². The number of thiazole rings is 1. The Morgan fingerprint density at radius 2 is 2.05 bits per heavy atom. The maximum Gasteiger partial charge on any atom is 0.307 e. The fourth-order valence-corrected chi connectivity index (χ4v) is 4.27. The van der Waals surface area contributed by atoms with Gasteiger partial charge in [-0.25, -0.2) is 4.98 Å². The number of benzene rings is 1. The molecule has 2 aromatic rings. The van der Waals surface area contributed by atoms with Crippen molar-refractivity contribution >= 4 is 32.7 Å².